The largest absolute Gasteiger partial charge is 0.465 e. The van der Waals surface area contributed by atoms with Gasteiger partial charge in [-0.25, -0.2) is 14.6 Å². The summed E-state index contributed by atoms with van der Waals surface area (Å²) in [5.41, 5.74) is -0.187. The molecule has 3 N–H and O–H groups in total. The second-order valence-corrected chi connectivity index (χ2v) is 7.82. The average Bonchev–Trinajstić information content (AvgIpc) is 2.53. The van der Waals surface area contributed by atoms with Gasteiger partial charge >= 0.3 is 12.2 Å². The van der Waals surface area contributed by atoms with Crippen LogP contribution in [0.1, 0.15) is 52.0 Å². The summed E-state index contributed by atoms with van der Waals surface area (Å²) in [5.74, 6) is 6.59. The zero-order chi connectivity index (χ0) is 20.0. The highest BCUT2D eigenvalue weighted by Crippen LogP contribution is 2.25. The van der Waals surface area contributed by atoms with Crippen LogP contribution in [0.2, 0.25) is 5.02 Å². The van der Waals surface area contributed by atoms with Gasteiger partial charge in [-0.1, -0.05) is 23.4 Å². The molecule has 7 nitrogen and oxygen atoms in total. The number of nitrogens with one attached hydrogen (secondary N) is 2. The van der Waals surface area contributed by atoms with Gasteiger partial charge in [-0.2, -0.15) is 0 Å². The Morgan fingerprint density at radius 1 is 1.30 bits per heavy atom. The van der Waals surface area contributed by atoms with E-state index in [1.165, 1.54) is 6.20 Å². The van der Waals surface area contributed by atoms with E-state index in [1.807, 2.05) is 0 Å². The molecule has 0 spiro atoms. The number of anilines is 1. The number of aromatic nitrogens is 1. The zero-order valence-electron chi connectivity index (χ0n) is 15.6. The van der Waals surface area contributed by atoms with Crippen molar-refractivity contribution in [1.29, 1.82) is 0 Å². The Bertz CT molecular complexity index is 756. The minimum absolute atomic E-state index is 0.0214. The smallest absolute Gasteiger partial charge is 0.413 e. The number of hydrogen-bond acceptors (Lipinski definition) is 4. The van der Waals surface area contributed by atoms with Crippen molar-refractivity contribution in [3.05, 3.63) is 22.8 Å². The number of hydrogen-bond donors (Lipinski definition) is 3. The van der Waals surface area contributed by atoms with Crippen molar-refractivity contribution in [2.24, 2.45) is 5.92 Å². The van der Waals surface area contributed by atoms with Gasteiger partial charge in [-0.05, 0) is 52.5 Å². The molecule has 0 atom stereocenters. The SMILES string of the molecule is CC(C)(C)OC(=O)Nc1nccc(Cl)c1C#C[C@H]1CC[C@H](NC(=O)O)CC1. The number of carboxylic acid groups (broad SMARTS) is 1. The van der Waals surface area contributed by atoms with Crippen LogP contribution in [0.15, 0.2) is 12.3 Å². The molecule has 0 aromatic carbocycles. The molecular weight excluding hydrogens is 370 g/mol. The van der Waals surface area contributed by atoms with Gasteiger partial charge in [0.05, 0.1) is 10.6 Å². The van der Waals surface area contributed by atoms with Crippen LogP contribution in [0.25, 0.3) is 0 Å². The van der Waals surface area contributed by atoms with Crippen LogP contribution >= 0.6 is 11.6 Å². The van der Waals surface area contributed by atoms with E-state index in [2.05, 4.69) is 27.5 Å². The van der Waals surface area contributed by atoms with Gasteiger partial charge in [-0.3, -0.25) is 5.32 Å². The van der Waals surface area contributed by atoms with E-state index in [1.54, 1.807) is 26.8 Å². The summed E-state index contributed by atoms with van der Waals surface area (Å²) in [6, 6.07) is 1.59. The number of carbonyl (C=O) groups is 2. The average molecular weight is 394 g/mol. The highest BCUT2D eigenvalue weighted by Gasteiger charge is 2.21. The quantitative estimate of drug-likeness (QED) is 0.652. The molecule has 1 aliphatic rings. The van der Waals surface area contributed by atoms with E-state index in [9.17, 15) is 9.59 Å². The highest BCUT2D eigenvalue weighted by molar-refractivity contribution is 6.32. The van der Waals surface area contributed by atoms with Gasteiger partial charge in [0.1, 0.15) is 5.60 Å². The van der Waals surface area contributed by atoms with Crippen molar-refractivity contribution in [3.63, 3.8) is 0 Å². The van der Waals surface area contributed by atoms with Crippen LogP contribution in [-0.2, 0) is 4.74 Å². The molecule has 8 heteroatoms. The molecule has 0 bridgehead atoms. The lowest BCUT2D eigenvalue weighted by Crippen LogP contribution is -2.36. The van der Waals surface area contributed by atoms with E-state index < -0.39 is 17.8 Å². The molecular formula is C19H24ClN3O4. The van der Waals surface area contributed by atoms with Crippen LogP contribution in [-0.4, -0.2) is 33.9 Å². The van der Waals surface area contributed by atoms with Crippen molar-refractivity contribution in [2.75, 3.05) is 5.32 Å². The fourth-order valence-corrected chi connectivity index (χ4v) is 2.98. The lowest BCUT2D eigenvalue weighted by molar-refractivity contribution is 0.0635. The van der Waals surface area contributed by atoms with Crippen molar-refractivity contribution in [1.82, 2.24) is 10.3 Å². The van der Waals surface area contributed by atoms with Crippen molar-refractivity contribution >= 4 is 29.6 Å². The summed E-state index contributed by atoms with van der Waals surface area (Å²) in [4.78, 5) is 26.9. The first-order chi connectivity index (χ1) is 12.6. The number of pyridine rings is 1. The van der Waals surface area contributed by atoms with E-state index in [4.69, 9.17) is 21.4 Å². The third-order valence-corrected chi connectivity index (χ3v) is 4.29. The molecule has 1 saturated carbocycles. The summed E-state index contributed by atoms with van der Waals surface area (Å²) in [7, 11) is 0. The third-order valence-electron chi connectivity index (χ3n) is 3.98. The van der Waals surface area contributed by atoms with Gasteiger partial charge < -0.3 is 15.2 Å². The fraction of sp³-hybridized carbons (Fsp3) is 0.526. The molecule has 2 rings (SSSR count). The standard InChI is InChI=1S/C19H24ClN3O4/c1-19(2,3)27-18(26)23-16-14(15(20)10-11-21-16)9-6-12-4-7-13(8-5-12)22-17(24)25/h10-13,22H,4-5,7-8H2,1-3H3,(H,24,25)(H,21,23,26)/t12-,13-. The number of halogens is 1. The second-order valence-electron chi connectivity index (χ2n) is 7.41. The number of amides is 2. The molecule has 1 aromatic heterocycles. The summed E-state index contributed by atoms with van der Waals surface area (Å²) in [5, 5.41) is 14.3. The molecule has 27 heavy (non-hydrogen) atoms. The minimum atomic E-state index is -0.996. The summed E-state index contributed by atoms with van der Waals surface area (Å²) in [6.45, 7) is 5.32. The molecule has 1 fully saturated rings. The Balaban J connectivity index is 2.06. The third kappa shape index (κ3) is 6.99. The normalized spacial score (nSPS) is 19.4. The summed E-state index contributed by atoms with van der Waals surface area (Å²) < 4.78 is 5.24. The van der Waals surface area contributed by atoms with Crippen molar-refractivity contribution < 1.29 is 19.4 Å². The monoisotopic (exact) mass is 393 g/mol. The van der Waals surface area contributed by atoms with Crippen LogP contribution in [0.5, 0.6) is 0 Å². The van der Waals surface area contributed by atoms with Gasteiger partial charge in [0.15, 0.2) is 5.82 Å². The Kier molecular flexibility index (Phi) is 6.92. The molecule has 1 heterocycles. The summed E-state index contributed by atoms with van der Waals surface area (Å²) >= 11 is 6.23. The topological polar surface area (TPSA) is 101 Å². The van der Waals surface area contributed by atoms with Crippen molar-refractivity contribution in [3.8, 4) is 11.8 Å². The molecule has 0 unspecified atom stereocenters. The maximum atomic E-state index is 12.0. The minimum Gasteiger partial charge on any atom is -0.465 e. The predicted molar refractivity (Wildman–Crippen MR) is 103 cm³/mol. The van der Waals surface area contributed by atoms with Crippen LogP contribution in [0, 0.1) is 17.8 Å². The Morgan fingerprint density at radius 3 is 2.56 bits per heavy atom. The van der Waals surface area contributed by atoms with E-state index in [0.29, 0.717) is 10.6 Å². The number of ether oxygens (including phenoxy) is 1. The number of rotatable bonds is 2. The Labute approximate surface area is 163 Å². The molecule has 2 amide bonds. The molecule has 0 saturated heterocycles. The van der Waals surface area contributed by atoms with Crippen molar-refractivity contribution in [2.45, 2.75) is 58.1 Å². The molecule has 1 aromatic rings. The van der Waals surface area contributed by atoms with E-state index in [-0.39, 0.29) is 17.8 Å². The Hall–Kier alpha value is -2.46. The first-order valence-electron chi connectivity index (χ1n) is 8.79. The first-order valence-corrected chi connectivity index (χ1v) is 9.17. The Morgan fingerprint density at radius 2 is 1.96 bits per heavy atom. The number of carbonyl (C=O) groups excluding carboxylic acids is 1. The lowest BCUT2D eigenvalue weighted by atomic mass is 9.86. The number of nitrogens with zero attached hydrogens (tertiary/aromatic N) is 1. The van der Waals surface area contributed by atoms with Gasteiger partial charge in [-0.15, -0.1) is 0 Å². The molecule has 1 aliphatic carbocycles. The maximum Gasteiger partial charge on any atom is 0.413 e. The molecule has 146 valence electrons. The molecule has 0 aliphatic heterocycles. The van der Waals surface area contributed by atoms with Crippen LogP contribution in [0.4, 0.5) is 15.4 Å². The van der Waals surface area contributed by atoms with Crippen LogP contribution in [0.3, 0.4) is 0 Å². The van der Waals surface area contributed by atoms with Crippen LogP contribution < -0.4 is 10.6 Å². The van der Waals surface area contributed by atoms with E-state index >= 15 is 0 Å². The highest BCUT2D eigenvalue weighted by atomic mass is 35.5. The first kappa shape index (κ1) is 20.8. The fourth-order valence-electron chi connectivity index (χ4n) is 2.78. The lowest BCUT2D eigenvalue weighted by Gasteiger charge is -2.25. The van der Waals surface area contributed by atoms with Gasteiger partial charge in [0.2, 0.25) is 0 Å². The predicted octanol–water partition coefficient (Wildman–Crippen LogP) is 4.26. The second kappa shape index (κ2) is 8.96. The van der Waals surface area contributed by atoms with Gasteiger partial charge in [0, 0.05) is 18.2 Å². The summed E-state index contributed by atoms with van der Waals surface area (Å²) in [6.07, 6.45) is 2.95. The zero-order valence-corrected chi connectivity index (χ0v) is 16.4. The van der Waals surface area contributed by atoms with Gasteiger partial charge in [0.25, 0.3) is 0 Å². The maximum absolute atomic E-state index is 12.0. The molecule has 0 radical (unpaired) electrons. The van der Waals surface area contributed by atoms with E-state index in [0.717, 1.165) is 25.7 Å².